The molecule has 1 aromatic heterocycles. The van der Waals surface area contributed by atoms with Crippen molar-refractivity contribution in [2.75, 3.05) is 44.2 Å². The van der Waals surface area contributed by atoms with Gasteiger partial charge in [-0.1, -0.05) is 37.3 Å². The minimum absolute atomic E-state index is 0.0332. The number of hydrogen-bond acceptors (Lipinski definition) is 5. The Morgan fingerprint density at radius 3 is 2.57 bits per heavy atom. The van der Waals surface area contributed by atoms with Crippen LogP contribution < -0.4 is 10.5 Å². The van der Waals surface area contributed by atoms with Crippen LogP contribution in [0.2, 0.25) is 0 Å². The molecule has 2 aromatic rings. The number of piperazine rings is 1. The molecule has 0 saturated carbocycles. The Balaban J connectivity index is 1.48. The molecule has 2 saturated heterocycles. The number of aromatic amines is 1. The fourth-order valence-electron chi connectivity index (χ4n) is 4.02. The smallest absolute Gasteiger partial charge is 0.252 e. The Morgan fingerprint density at radius 2 is 1.86 bits per heavy atom. The van der Waals surface area contributed by atoms with Gasteiger partial charge in [-0.3, -0.25) is 14.6 Å². The van der Waals surface area contributed by atoms with E-state index in [4.69, 9.17) is 4.98 Å². The Bertz CT molecular complexity index is 874. The molecule has 1 N–H and O–H groups in total. The van der Waals surface area contributed by atoms with Gasteiger partial charge in [0, 0.05) is 57.7 Å². The van der Waals surface area contributed by atoms with Gasteiger partial charge in [-0.25, -0.2) is 4.98 Å². The molecule has 1 unspecified atom stereocenters. The van der Waals surface area contributed by atoms with E-state index in [1.165, 1.54) is 0 Å². The molecule has 148 valence electrons. The highest BCUT2D eigenvalue weighted by Crippen LogP contribution is 2.28. The fraction of sp³-hybridized carbons (Fsp3) is 0.476. The van der Waals surface area contributed by atoms with E-state index in [0.29, 0.717) is 25.5 Å². The molecular weight excluding hydrogens is 354 g/mol. The van der Waals surface area contributed by atoms with Gasteiger partial charge in [0.05, 0.1) is 5.69 Å². The van der Waals surface area contributed by atoms with Crippen molar-refractivity contribution in [2.45, 2.75) is 25.8 Å². The van der Waals surface area contributed by atoms with Crippen LogP contribution in [0.1, 0.15) is 30.5 Å². The molecule has 2 aliphatic rings. The number of aromatic nitrogens is 2. The number of anilines is 1. The van der Waals surface area contributed by atoms with Crippen LogP contribution in [0.5, 0.6) is 0 Å². The SMILES string of the molecule is CCN1CCN(c2nc(C3CC(=O)N(Cc4ccccc4)C3)cc(=O)[nH]2)CC1. The average molecular weight is 381 g/mol. The molecule has 0 radical (unpaired) electrons. The second-order valence-corrected chi connectivity index (χ2v) is 7.58. The zero-order valence-corrected chi connectivity index (χ0v) is 16.3. The molecule has 3 heterocycles. The molecule has 7 heteroatoms. The van der Waals surface area contributed by atoms with Gasteiger partial charge in [0.2, 0.25) is 11.9 Å². The van der Waals surface area contributed by atoms with E-state index in [1.54, 1.807) is 6.07 Å². The van der Waals surface area contributed by atoms with Crippen LogP contribution in [0.3, 0.4) is 0 Å². The van der Waals surface area contributed by atoms with Crippen molar-refractivity contribution in [3.05, 3.63) is 58.0 Å². The third-order valence-corrected chi connectivity index (χ3v) is 5.72. The first kappa shape index (κ1) is 18.7. The number of H-pyrrole nitrogens is 1. The minimum Gasteiger partial charge on any atom is -0.340 e. The predicted octanol–water partition coefficient (Wildman–Crippen LogP) is 1.43. The largest absolute Gasteiger partial charge is 0.340 e. The maximum Gasteiger partial charge on any atom is 0.252 e. The Hall–Kier alpha value is -2.67. The summed E-state index contributed by atoms with van der Waals surface area (Å²) in [5.41, 5.74) is 1.69. The van der Waals surface area contributed by atoms with Crippen LogP contribution in [-0.2, 0) is 11.3 Å². The number of nitrogens with zero attached hydrogens (tertiary/aromatic N) is 4. The predicted molar refractivity (Wildman–Crippen MR) is 108 cm³/mol. The monoisotopic (exact) mass is 381 g/mol. The van der Waals surface area contributed by atoms with Crippen molar-refractivity contribution in [2.24, 2.45) is 0 Å². The molecule has 2 fully saturated rings. The zero-order chi connectivity index (χ0) is 19.5. The summed E-state index contributed by atoms with van der Waals surface area (Å²) in [5.74, 6) is 0.718. The number of likely N-dealkylation sites (N-methyl/N-ethyl adjacent to an activating group) is 1. The molecule has 0 aliphatic carbocycles. The molecule has 4 rings (SSSR count). The van der Waals surface area contributed by atoms with Crippen LogP contribution in [0, 0.1) is 0 Å². The quantitative estimate of drug-likeness (QED) is 0.848. The lowest BCUT2D eigenvalue weighted by molar-refractivity contribution is -0.128. The van der Waals surface area contributed by atoms with Crippen LogP contribution >= 0.6 is 0 Å². The van der Waals surface area contributed by atoms with E-state index in [-0.39, 0.29) is 17.4 Å². The van der Waals surface area contributed by atoms with E-state index >= 15 is 0 Å². The maximum absolute atomic E-state index is 12.5. The Labute approximate surface area is 165 Å². The van der Waals surface area contributed by atoms with Crippen molar-refractivity contribution in [1.29, 1.82) is 0 Å². The van der Waals surface area contributed by atoms with Crippen LogP contribution in [0.25, 0.3) is 0 Å². The number of amides is 1. The number of likely N-dealkylation sites (tertiary alicyclic amines) is 1. The number of rotatable bonds is 5. The van der Waals surface area contributed by atoms with E-state index in [1.807, 2.05) is 35.2 Å². The van der Waals surface area contributed by atoms with Gasteiger partial charge in [0.25, 0.3) is 5.56 Å². The first-order valence-corrected chi connectivity index (χ1v) is 10.0. The Kier molecular flexibility index (Phi) is 5.43. The zero-order valence-electron chi connectivity index (χ0n) is 16.3. The average Bonchev–Trinajstić information content (AvgIpc) is 3.09. The molecule has 1 aromatic carbocycles. The van der Waals surface area contributed by atoms with Crippen molar-refractivity contribution in [3.63, 3.8) is 0 Å². The Morgan fingerprint density at radius 1 is 1.11 bits per heavy atom. The second-order valence-electron chi connectivity index (χ2n) is 7.58. The molecule has 0 bridgehead atoms. The summed E-state index contributed by atoms with van der Waals surface area (Å²) in [6.07, 6.45) is 0.409. The van der Waals surface area contributed by atoms with E-state index in [9.17, 15) is 9.59 Å². The summed E-state index contributed by atoms with van der Waals surface area (Å²) in [7, 11) is 0. The summed E-state index contributed by atoms with van der Waals surface area (Å²) in [4.78, 5) is 38.8. The van der Waals surface area contributed by atoms with Gasteiger partial charge >= 0.3 is 0 Å². The molecule has 1 amide bonds. The van der Waals surface area contributed by atoms with Crippen molar-refractivity contribution >= 4 is 11.9 Å². The van der Waals surface area contributed by atoms with E-state index < -0.39 is 0 Å². The number of nitrogens with one attached hydrogen (secondary N) is 1. The first-order valence-electron chi connectivity index (χ1n) is 10.0. The van der Waals surface area contributed by atoms with Crippen molar-refractivity contribution in [1.82, 2.24) is 19.8 Å². The number of benzene rings is 1. The maximum atomic E-state index is 12.5. The summed E-state index contributed by atoms with van der Waals surface area (Å²) in [6, 6.07) is 11.5. The molecule has 1 atom stereocenters. The van der Waals surface area contributed by atoms with Gasteiger partial charge in [-0.2, -0.15) is 0 Å². The number of carbonyl (C=O) groups excluding carboxylic acids is 1. The van der Waals surface area contributed by atoms with Gasteiger partial charge < -0.3 is 14.7 Å². The van der Waals surface area contributed by atoms with Gasteiger partial charge in [-0.05, 0) is 12.1 Å². The normalized spacial score (nSPS) is 20.8. The van der Waals surface area contributed by atoms with Crippen molar-refractivity contribution in [3.8, 4) is 0 Å². The van der Waals surface area contributed by atoms with Gasteiger partial charge in [-0.15, -0.1) is 0 Å². The van der Waals surface area contributed by atoms with Gasteiger partial charge in [0.15, 0.2) is 0 Å². The van der Waals surface area contributed by atoms with Crippen LogP contribution in [0.15, 0.2) is 41.2 Å². The lowest BCUT2D eigenvalue weighted by Gasteiger charge is -2.34. The highest BCUT2D eigenvalue weighted by molar-refractivity contribution is 5.79. The summed E-state index contributed by atoms with van der Waals surface area (Å²) in [6.45, 7) is 8.05. The summed E-state index contributed by atoms with van der Waals surface area (Å²) < 4.78 is 0. The molecule has 7 nitrogen and oxygen atoms in total. The van der Waals surface area contributed by atoms with Gasteiger partial charge in [0.1, 0.15) is 0 Å². The minimum atomic E-state index is -0.146. The highest BCUT2D eigenvalue weighted by Gasteiger charge is 2.32. The first-order chi connectivity index (χ1) is 13.6. The lowest BCUT2D eigenvalue weighted by atomic mass is 10.0. The van der Waals surface area contributed by atoms with E-state index in [2.05, 4.69) is 21.7 Å². The molecular formula is C21H27N5O2. The summed E-state index contributed by atoms with van der Waals surface area (Å²) >= 11 is 0. The topological polar surface area (TPSA) is 72.5 Å². The third kappa shape index (κ3) is 4.09. The van der Waals surface area contributed by atoms with Crippen molar-refractivity contribution < 1.29 is 4.79 Å². The third-order valence-electron chi connectivity index (χ3n) is 5.72. The molecule has 0 spiro atoms. The summed E-state index contributed by atoms with van der Waals surface area (Å²) in [5, 5.41) is 0. The number of carbonyl (C=O) groups is 1. The molecule has 28 heavy (non-hydrogen) atoms. The number of hydrogen-bond donors (Lipinski definition) is 1. The van der Waals surface area contributed by atoms with Crippen LogP contribution in [0.4, 0.5) is 5.95 Å². The highest BCUT2D eigenvalue weighted by atomic mass is 16.2. The van der Waals surface area contributed by atoms with Crippen LogP contribution in [-0.4, -0.2) is 64.9 Å². The second kappa shape index (κ2) is 8.14. The molecule has 2 aliphatic heterocycles. The standard InChI is InChI=1S/C21H27N5O2/c1-2-24-8-10-25(11-9-24)21-22-18(13-19(27)23-21)17-12-20(28)26(15-17)14-16-6-4-3-5-7-16/h3-7,13,17H,2,8-12,14-15H2,1H3,(H,22,23,27). The fourth-order valence-corrected chi connectivity index (χ4v) is 4.02. The lowest BCUT2D eigenvalue weighted by Crippen LogP contribution is -2.47. The van der Waals surface area contributed by atoms with E-state index in [0.717, 1.165) is 44.0 Å².